The van der Waals surface area contributed by atoms with Gasteiger partial charge in [-0.25, -0.2) is 14.8 Å². The van der Waals surface area contributed by atoms with E-state index in [-0.39, 0.29) is 11.4 Å². The van der Waals surface area contributed by atoms with Crippen LogP contribution in [-0.2, 0) is 6.18 Å². The van der Waals surface area contributed by atoms with Gasteiger partial charge < -0.3 is 25.8 Å². The number of amides is 3. The van der Waals surface area contributed by atoms with Gasteiger partial charge in [0, 0.05) is 60.6 Å². The lowest BCUT2D eigenvalue weighted by Gasteiger charge is -2.34. The molecule has 44 heavy (non-hydrogen) atoms. The zero-order valence-corrected chi connectivity index (χ0v) is 24.1. The Labute approximate surface area is 252 Å². The second-order valence-corrected chi connectivity index (χ2v) is 10.4. The van der Waals surface area contributed by atoms with Gasteiger partial charge in [-0.3, -0.25) is 10.1 Å². The smallest absolute Gasteiger partial charge is 0.369 e. The summed E-state index contributed by atoms with van der Waals surface area (Å²) >= 11 is 0. The topological polar surface area (TPSA) is 115 Å². The number of hydrogen-bond donors (Lipinski definition) is 4. The van der Waals surface area contributed by atoms with Crippen LogP contribution in [0.15, 0.2) is 79.1 Å². The average Bonchev–Trinajstić information content (AvgIpc) is 2.99. The highest BCUT2D eigenvalue weighted by atomic mass is 19.4. The van der Waals surface area contributed by atoms with E-state index < -0.39 is 23.7 Å². The average molecular weight is 605 g/mol. The molecule has 0 bridgehead atoms. The van der Waals surface area contributed by atoms with Crippen LogP contribution in [0.1, 0.15) is 21.5 Å². The van der Waals surface area contributed by atoms with Crippen molar-refractivity contribution in [2.45, 2.75) is 13.1 Å². The summed E-state index contributed by atoms with van der Waals surface area (Å²) in [4.78, 5) is 38.5. The summed E-state index contributed by atoms with van der Waals surface area (Å²) in [6, 6.07) is 18.0. The van der Waals surface area contributed by atoms with Crippen molar-refractivity contribution >= 4 is 46.3 Å². The van der Waals surface area contributed by atoms with E-state index in [1.165, 1.54) is 24.5 Å². The van der Waals surface area contributed by atoms with Crippen LogP contribution in [0.3, 0.4) is 0 Å². The molecule has 2 heterocycles. The van der Waals surface area contributed by atoms with E-state index in [1.807, 2.05) is 12.1 Å². The number of anilines is 6. The molecular weight excluding hydrogens is 573 g/mol. The summed E-state index contributed by atoms with van der Waals surface area (Å²) in [6.45, 7) is 5.65. The quantitative estimate of drug-likeness (QED) is 0.199. The molecule has 1 fully saturated rings. The number of aromatic nitrogens is 2. The number of nitrogens with zero attached hydrogens (tertiary/aromatic N) is 4. The lowest BCUT2D eigenvalue weighted by molar-refractivity contribution is -0.137. The Kier molecular flexibility index (Phi) is 8.95. The Morgan fingerprint density at radius 1 is 0.795 bits per heavy atom. The van der Waals surface area contributed by atoms with Crippen molar-refractivity contribution in [1.29, 1.82) is 0 Å². The van der Waals surface area contributed by atoms with Gasteiger partial charge in [0.05, 0.1) is 5.56 Å². The predicted molar refractivity (Wildman–Crippen MR) is 165 cm³/mol. The molecule has 10 nitrogen and oxygen atoms in total. The van der Waals surface area contributed by atoms with Gasteiger partial charge in [-0.15, -0.1) is 0 Å². The summed E-state index contributed by atoms with van der Waals surface area (Å²) in [5.74, 6) is 0.0219. The number of carbonyl (C=O) groups is 2. The van der Waals surface area contributed by atoms with Crippen molar-refractivity contribution < 1.29 is 22.8 Å². The van der Waals surface area contributed by atoms with Crippen molar-refractivity contribution in [3.05, 3.63) is 95.8 Å². The summed E-state index contributed by atoms with van der Waals surface area (Å²) < 4.78 is 39.2. The Hall–Kier alpha value is -5.17. The number of hydrogen-bond acceptors (Lipinski definition) is 7. The van der Waals surface area contributed by atoms with Gasteiger partial charge in [-0.1, -0.05) is 18.2 Å². The number of halogens is 3. The van der Waals surface area contributed by atoms with Gasteiger partial charge in [-0.2, -0.15) is 13.2 Å². The molecule has 0 radical (unpaired) electrons. The van der Waals surface area contributed by atoms with Crippen LogP contribution in [0.4, 0.5) is 52.4 Å². The third kappa shape index (κ3) is 7.81. The molecule has 228 valence electrons. The maximum atomic E-state index is 13.1. The highest BCUT2D eigenvalue weighted by molar-refractivity contribution is 6.05. The maximum Gasteiger partial charge on any atom is 0.416 e. The first-order valence-electron chi connectivity index (χ1n) is 13.8. The molecule has 5 rings (SSSR count). The molecule has 1 aliphatic heterocycles. The highest BCUT2D eigenvalue weighted by Gasteiger charge is 2.31. The van der Waals surface area contributed by atoms with Crippen molar-refractivity contribution in [1.82, 2.24) is 14.9 Å². The number of aryl methyl sites for hydroxylation is 1. The molecule has 0 aliphatic carbocycles. The van der Waals surface area contributed by atoms with Gasteiger partial charge in [0.2, 0.25) is 0 Å². The zero-order valence-electron chi connectivity index (χ0n) is 24.1. The lowest BCUT2D eigenvalue weighted by atomic mass is 10.1. The fourth-order valence-electron chi connectivity index (χ4n) is 4.63. The number of rotatable bonds is 7. The first-order valence-corrected chi connectivity index (χ1v) is 13.8. The summed E-state index contributed by atoms with van der Waals surface area (Å²) in [5.41, 5.74) is 2.26. The first-order chi connectivity index (χ1) is 21.0. The van der Waals surface area contributed by atoms with E-state index in [9.17, 15) is 22.8 Å². The minimum atomic E-state index is -4.57. The van der Waals surface area contributed by atoms with E-state index in [1.54, 1.807) is 25.1 Å². The Morgan fingerprint density at radius 2 is 1.55 bits per heavy atom. The number of benzene rings is 3. The van der Waals surface area contributed by atoms with Gasteiger partial charge >= 0.3 is 12.2 Å². The van der Waals surface area contributed by atoms with Crippen molar-refractivity contribution in [3.8, 4) is 0 Å². The summed E-state index contributed by atoms with van der Waals surface area (Å²) in [5, 5.41) is 11.2. The van der Waals surface area contributed by atoms with E-state index >= 15 is 0 Å². The minimum absolute atomic E-state index is 0.146. The fraction of sp³-hybridized carbons (Fsp3) is 0.226. The number of nitrogens with one attached hydrogen (secondary N) is 4. The standard InChI is InChI=1S/C31H31F3N8O2/c1-20-9-10-24(38-29(43)21-5-3-6-22(15-21)31(32,33)34)17-26(20)39-30(44)40-28-18-27(35-19-36-28)37-23-7-4-8-25(16-23)42-13-11-41(2)12-14-42/h3-10,15-19H,11-14H2,1-2H3,(H,38,43)(H3,35,36,37,39,40,44). The molecule has 1 saturated heterocycles. The largest absolute Gasteiger partial charge is 0.416 e. The molecule has 1 aromatic heterocycles. The van der Waals surface area contributed by atoms with Gasteiger partial charge in [0.25, 0.3) is 5.91 Å². The normalized spacial score (nSPS) is 13.7. The van der Waals surface area contributed by atoms with Gasteiger partial charge in [0.1, 0.15) is 18.0 Å². The summed E-state index contributed by atoms with van der Waals surface area (Å²) in [6.07, 6.45) is -3.24. The second kappa shape index (κ2) is 13.0. The van der Waals surface area contributed by atoms with Crippen LogP contribution < -0.4 is 26.2 Å². The fourth-order valence-corrected chi connectivity index (χ4v) is 4.63. The lowest BCUT2D eigenvalue weighted by Crippen LogP contribution is -2.44. The third-order valence-corrected chi connectivity index (χ3v) is 7.09. The predicted octanol–water partition coefficient (Wildman–Crippen LogP) is 6.20. The number of carbonyl (C=O) groups excluding carboxylic acids is 2. The molecular formula is C31H31F3N8O2. The molecule has 0 unspecified atom stereocenters. The van der Waals surface area contributed by atoms with Crippen molar-refractivity contribution in [2.75, 3.05) is 59.4 Å². The van der Waals surface area contributed by atoms with Crippen LogP contribution in [-0.4, -0.2) is 60.0 Å². The molecule has 3 aromatic carbocycles. The number of likely N-dealkylation sites (N-methyl/N-ethyl adjacent to an activating group) is 1. The van der Waals surface area contributed by atoms with Crippen molar-refractivity contribution in [2.24, 2.45) is 0 Å². The molecule has 4 aromatic rings. The molecule has 0 atom stereocenters. The molecule has 0 spiro atoms. The van der Waals surface area contributed by atoms with E-state index in [2.05, 4.69) is 60.2 Å². The van der Waals surface area contributed by atoms with E-state index in [0.717, 1.165) is 49.7 Å². The SMILES string of the molecule is Cc1ccc(NC(=O)c2cccc(C(F)(F)F)c2)cc1NC(=O)Nc1cc(Nc2cccc(N3CCN(C)CC3)c2)ncn1. The highest BCUT2D eigenvalue weighted by Crippen LogP contribution is 2.30. The monoisotopic (exact) mass is 604 g/mol. The first kappa shape index (κ1) is 30.3. The third-order valence-electron chi connectivity index (χ3n) is 7.09. The molecule has 1 aliphatic rings. The Balaban J connectivity index is 1.21. The van der Waals surface area contributed by atoms with Crippen LogP contribution in [0.25, 0.3) is 0 Å². The summed E-state index contributed by atoms with van der Waals surface area (Å²) in [7, 11) is 2.11. The molecule has 4 N–H and O–H groups in total. The molecule has 13 heteroatoms. The van der Waals surface area contributed by atoms with E-state index in [4.69, 9.17) is 0 Å². The number of urea groups is 1. The number of piperazine rings is 1. The van der Waals surface area contributed by atoms with Crippen molar-refractivity contribution in [3.63, 3.8) is 0 Å². The van der Waals surface area contributed by atoms with Crippen LogP contribution in [0.5, 0.6) is 0 Å². The zero-order chi connectivity index (χ0) is 31.3. The number of alkyl halides is 3. The molecule has 0 saturated carbocycles. The van der Waals surface area contributed by atoms with Crippen LogP contribution in [0.2, 0.25) is 0 Å². The van der Waals surface area contributed by atoms with Gasteiger partial charge in [-0.05, 0) is 68.1 Å². The van der Waals surface area contributed by atoms with Crippen LogP contribution >= 0.6 is 0 Å². The Morgan fingerprint density at radius 3 is 2.32 bits per heavy atom. The molecule has 3 amide bonds. The second-order valence-electron chi connectivity index (χ2n) is 10.4. The van der Waals surface area contributed by atoms with Gasteiger partial charge in [0.15, 0.2) is 0 Å². The maximum absolute atomic E-state index is 13.1. The van der Waals surface area contributed by atoms with Crippen LogP contribution in [0, 0.1) is 6.92 Å². The van der Waals surface area contributed by atoms with E-state index in [0.29, 0.717) is 22.8 Å². The minimum Gasteiger partial charge on any atom is -0.369 e. The Bertz CT molecular complexity index is 1660.